The second-order valence-electron chi connectivity index (χ2n) is 6.38. The summed E-state index contributed by atoms with van der Waals surface area (Å²) in [5.41, 5.74) is 2.20. The highest BCUT2D eigenvalue weighted by Crippen LogP contribution is 2.32. The number of carbonyl (C=O) groups is 2. The third kappa shape index (κ3) is 3.69. The van der Waals surface area contributed by atoms with E-state index in [1.54, 1.807) is 47.6 Å². The number of amides is 2. The molecule has 1 N–H and O–H groups in total. The Labute approximate surface area is 156 Å². The summed E-state index contributed by atoms with van der Waals surface area (Å²) < 4.78 is 0. The van der Waals surface area contributed by atoms with Gasteiger partial charge in [0.1, 0.15) is 11.5 Å². The van der Waals surface area contributed by atoms with E-state index in [0.29, 0.717) is 24.5 Å². The summed E-state index contributed by atoms with van der Waals surface area (Å²) in [6, 6.07) is 18.7. The standard InChI is InChI=1S/C21H18N4O2/c26-20-12-16(15-6-2-1-3-7-15)14-25(20)17-9-11-23-19(13-17)24-21(27)18-8-4-5-10-22-18/h1-11,13,16H,12,14H2,(H,23,24,27)/t16-/m1/s1. The third-order valence-electron chi connectivity index (χ3n) is 4.59. The van der Waals surface area contributed by atoms with E-state index >= 15 is 0 Å². The Morgan fingerprint density at radius 3 is 2.59 bits per heavy atom. The Morgan fingerprint density at radius 2 is 1.81 bits per heavy atom. The fourth-order valence-corrected chi connectivity index (χ4v) is 3.24. The van der Waals surface area contributed by atoms with Crippen molar-refractivity contribution in [2.75, 3.05) is 16.8 Å². The molecule has 0 unspecified atom stereocenters. The largest absolute Gasteiger partial charge is 0.312 e. The molecule has 27 heavy (non-hydrogen) atoms. The van der Waals surface area contributed by atoms with E-state index in [-0.39, 0.29) is 17.7 Å². The zero-order valence-corrected chi connectivity index (χ0v) is 14.6. The lowest BCUT2D eigenvalue weighted by Crippen LogP contribution is -2.24. The average molecular weight is 358 g/mol. The van der Waals surface area contributed by atoms with Crippen LogP contribution in [0.15, 0.2) is 73.1 Å². The number of carbonyl (C=O) groups excluding carboxylic acids is 2. The maximum absolute atomic E-state index is 12.5. The van der Waals surface area contributed by atoms with Crippen molar-refractivity contribution < 1.29 is 9.59 Å². The molecule has 4 rings (SSSR count). The summed E-state index contributed by atoms with van der Waals surface area (Å²) in [5.74, 6) is 0.282. The second kappa shape index (κ2) is 7.37. The lowest BCUT2D eigenvalue weighted by Gasteiger charge is -2.17. The van der Waals surface area contributed by atoms with Crippen molar-refractivity contribution in [1.82, 2.24) is 9.97 Å². The minimum absolute atomic E-state index is 0.0667. The van der Waals surface area contributed by atoms with Gasteiger partial charge in [-0.25, -0.2) is 4.98 Å². The van der Waals surface area contributed by atoms with Crippen LogP contribution in [0.5, 0.6) is 0 Å². The molecule has 1 atom stereocenters. The van der Waals surface area contributed by atoms with Crippen LogP contribution < -0.4 is 10.2 Å². The molecule has 1 aliphatic rings. The maximum Gasteiger partial charge on any atom is 0.275 e. The van der Waals surface area contributed by atoms with Gasteiger partial charge in [-0.3, -0.25) is 14.6 Å². The number of benzene rings is 1. The minimum atomic E-state index is -0.338. The molecule has 1 saturated heterocycles. The molecule has 134 valence electrons. The first kappa shape index (κ1) is 16.9. The number of nitrogens with zero attached hydrogens (tertiary/aromatic N) is 3. The topological polar surface area (TPSA) is 75.2 Å². The summed E-state index contributed by atoms with van der Waals surface area (Å²) in [6.45, 7) is 0.612. The summed E-state index contributed by atoms with van der Waals surface area (Å²) in [4.78, 5) is 34.7. The van der Waals surface area contributed by atoms with Crippen LogP contribution in [0.4, 0.5) is 11.5 Å². The first-order valence-corrected chi connectivity index (χ1v) is 8.74. The van der Waals surface area contributed by atoms with Crippen molar-refractivity contribution in [2.45, 2.75) is 12.3 Å². The van der Waals surface area contributed by atoms with Gasteiger partial charge in [-0.1, -0.05) is 36.4 Å². The van der Waals surface area contributed by atoms with E-state index in [1.165, 1.54) is 0 Å². The number of hydrogen-bond acceptors (Lipinski definition) is 4. The predicted octanol–water partition coefficient (Wildman–Crippen LogP) is 3.25. The summed E-state index contributed by atoms with van der Waals surface area (Å²) >= 11 is 0. The van der Waals surface area contributed by atoms with Crippen molar-refractivity contribution in [3.8, 4) is 0 Å². The molecule has 0 saturated carbocycles. The molecule has 0 radical (unpaired) electrons. The van der Waals surface area contributed by atoms with E-state index in [0.717, 1.165) is 11.3 Å². The van der Waals surface area contributed by atoms with E-state index in [4.69, 9.17) is 0 Å². The number of hydrogen-bond donors (Lipinski definition) is 1. The highest BCUT2D eigenvalue weighted by atomic mass is 16.2. The van der Waals surface area contributed by atoms with Crippen LogP contribution >= 0.6 is 0 Å². The Balaban J connectivity index is 1.51. The first-order valence-electron chi connectivity index (χ1n) is 8.74. The van der Waals surface area contributed by atoms with Crippen LogP contribution in [0, 0.1) is 0 Å². The Kier molecular flexibility index (Phi) is 4.61. The highest BCUT2D eigenvalue weighted by molar-refractivity contribution is 6.03. The molecule has 0 aliphatic carbocycles. The molecule has 0 spiro atoms. The normalized spacial score (nSPS) is 16.4. The lowest BCUT2D eigenvalue weighted by atomic mass is 9.99. The molecule has 2 aromatic heterocycles. The fourth-order valence-electron chi connectivity index (χ4n) is 3.24. The van der Waals surface area contributed by atoms with E-state index < -0.39 is 0 Å². The zero-order valence-electron chi connectivity index (χ0n) is 14.6. The van der Waals surface area contributed by atoms with Gasteiger partial charge in [0.15, 0.2) is 0 Å². The van der Waals surface area contributed by atoms with Crippen LogP contribution in [-0.2, 0) is 4.79 Å². The SMILES string of the molecule is O=C(Nc1cc(N2C[C@H](c3ccccc3)CC2=O)ccn1)c1ccccn1. The van der Waals surface area contributed by atoms with Gasteiger partial charge >= 0.3 is 0 Å². The van der Waals surface area contributed by atoms with Gasteiger partial charge in [0.2, 0.25) is 5.91 Å². The van der Waals surface area contributed by atoms with Crippen molar-refractivity contribution in [1.29, 1.82) is 0 Å². The molecule has 2 amide bonds. The maximum atomic E-state index is 12.5. The number of pyridine rings is 2. The molecule has 3 heterocycles. The van der Waals surface area contributed by atoms with Gasteiger partial charge in [-0.2, -0.15) is 0 Å². The Hall–Kier alpha value is -3.54. The molecular weight excluding hydrogens is 340 g/mol. The van der Waals surface area contributed by atoms with Crippen LogP contribution in [0.1, 0.15) is 28.4 Å². The smallest absolute Gasteiger partial charge is 0.275 e. The van der Waals surface area contributed by atoms with Crippen LogP contribution in [-0.4, -0.2) is 28.3 Å². The molecule has 1 aromatic carbocycles. The minimum Gasteiger partial charge on any atom is -0.312 e. The predicted molar refractivity (Wildman–Crippen MR) is 103 cm³/mol. The average Bonchev–Trinajstić information content (AvgIpc) is 3.11. The van der Waals surface area contributed by atoms with Gasteiger partial charge in [0.05, 0.1) is 0 Å². The second-order valence-corrected chi connectivity index (χ2v) is 6.38. The molecule has 6 heteroatoms. The highest BCUT2D eigenvalue weighted by Gasteiger charge is 2.31. The van der Waals surface area contributed by atoms with Crippen LogP contribution in [0.25, 0.3) is 0 Å². The fraction of sp³-hybridized carbons (Fsp3) is 0.143. The quantitative estimate of drug-likeness (QED) is 0.777. The Bertz CT molecular complexity index is 960. The van der Waals surface area contributed by atoms with Crippen molar-refractivity contribution in [3.05, 3.63) is 84.3 Å². The Morgan fingerprint density at radius 1 is 1.00 bits per heavy atom. The van der Waals surface area contributed by atoms with E-state index in [9.17, 15) is 9.59 Å². The van der Waals surface area contributed by atoms with Crippen LogP contribution in [0.3, 0.4) is 0 Å². The number of aromatic nitrogens is 2. The molecule has 0 bridgehead atoms. The molecule has 1 fully saturated rings. The van der Waals surface area contributed by atoms with Gasteiger partial charge in [0, 0.05) is 43.0 Å². The van der Waals surface area contributed by atoms with E-state index in [2.05, 4.69) is 15.3 Å². The number of anilines is 2. The van der Waals surface area contributed by atoms with Crippen LogP contribution in [0.2, 0.25) is 0 Å². The summed E-state index contributed by atoms with van der Waals surface area (Å²) in [7, 11) is 0. The number of nitrogens with one attached hydrogen (secondary N) is 1. The summed E-state index contributed by atoms with van der Waals surface area (Å²) in [5, 5.41) is 2.73. The van der Waals surface area contributed by atoms with Gasteiger partial charge < -0.3 is 10.2 Å². The van der Waals surface area contributed by atoms with Gasteiger partial charge in [0.25, 0.3) is 5.91 Å². The van der Waals surface area contributed by atoms with Crippen molar-refractivity contribution in [3.63, 3.8) is 0 Å². The number of rotatable bonds is 4. The molecular formula is C21H18N4O2. The lowest BCUT2D eigenvalue weighted by molar-refractivity contribution is -0.117. The monoisotopic (exact) mass is 358 g/mol. The van der Waals surface area contributed by atoms with Gasteiger partial charge in [-0.05, 0) is 23.8 Å². The molecule has 1 aliphatic heterocycles. The third-order valence-corrected chi connectivity index (χ3v) is 4.59. The summed E-state index contributed by atoms with van der Waals surface area (Å²) in [6.07, 6.45) is 3.62. The van der Waals surface area contributed by atoms with Crippen molar-refractivity contribution in [2.24, 2.45) is 0 Å². The van der Waals surface area contributed by atoms with E-state index in [1.807, 2.05) is 30.3 Å². The molecule has 3 aromatic rings. The van der Waals surface area contributed by atoms with Gasteiger partial charge in [-0.15, -0.1) is 0 Å². The molecule has 6 nitrogen and oxygen atoms in total. The first-order chi connectivity index (χ1) is 13.2. The van der Waals surface area contributed by atoms with Crippen molar-refractivity contribution >= 4 is 23.3 Å². The zero-order chi connectivity index (χ0) is 18.6.